The first-order chi connectivity index (χ1) is 10.0. The Balaban J connectivity index is 1.82. The lowest BCUT2D eigenvalue weighted by atomic mass is 10.00. The maximum atomic E-state index is 6.08. The second-order valence-corrected chi connectivity index (χ2v) is 6.11. The molecule has 4 nitrogen and oxygen atoms in total. The van der Waals surface area contributed by atoms with Crippen LogP contribution in [-0.4, -0.2) is 36.6 Å². The molecule has 0 amide bonds. The highest BCUT2D eigenvalue weighted by Crippen LogP contribution is 2.16. The Morgan fingerprint density at radius 1 is 1.43 bits per heavy atom. The first-order valence-corrected chi connectivity index (χ1v) is 7.83. The number of piperidine rings is 1. The summed E-state index contributed by atoms with van der Waals surface area (Å²) in [5.74, 6) is 2.35. The van der Waals surface area contributed by atoms with Gasteiger partial charge in [-0.2, -0.15) is 0 Å². The highest BCUT2D eigenvalue weighted by Gasteiger charge is 2.17. The van der Waals surface area contributed by atoms with Crippen molar-refractivity contribution in [2.75, 3.05) is 19.6 Å². The number of aliphatic imine (C=N–C) groups is 1. The van der Waals surface area contributed by atoms with Gasteiger partial charge >= 0.3 is 0 Å². The van der Waals surface area contributed by atoms with Crippen LogP contribution in [0.5, 0.6) is 5.75 Å². The first-order valence-electron chi connectivity index (χ1n) is 7.83. The average molecular weight is 289 g/mol. The van der Waals surface area contributed by atoms with Crippen LogP contribution in [0, 0.1) is 12.8 Å². The van der Waals surface area contributed by atoms with Gasteiger partial charge in [-0.3, -0.25) is 0 Å². The molecule has 0 aliphatic carbocycles. The van der Waals surface area contributed by atoms with E-state index in [-0.39, 0.29) is 6.10 Å². The van der Waals surface area contributed by atoms with Gasteiger partial charge in [-0.05, 0) is 50.3 Å². The molecule has 1 aromatic carbocycles. The summed E-state index contributed by atoms with van der Waals surface area (Å²) in [6.07, 6.45) is 2.42. The van der Waals surface area contributed by atoms with Gasteiger partial charge < -0.3 is 15.4 Å². The molecule has 1 heterocycles. The van der Waals surface area contributed by atoms with E-state index < -0.39 is 0 Å². The van der Waals surface area contributed by atoms with Crippen molar-refractivity contribution >= 4 is 5.96 Å². The third-order valence-electron chi connectivity index (χ3n) is 3.94. The van der Waals surface area contributed by atoms with Crippen molar-refractivity contribution in [2.45, 2.75) is 39.7 Å². The molecule has 1 aliphatic rings. The van der Waals surface area contributed by atoms with Crippen LogP contribution in [0.25, 0.3) is 0 Å². The normalized spacial score (nSPS) is 18.6. The SMILES string of the molecule is Cc1cccc(OC(C)CN=C(N)N2CCC(C)CC2)c1. The summed E-state index contributed by atoms with van der Waals surface area (Å²) >= 11 is 0. The average Bonchev–Trinajstić information content (AvgIpc) is 2.45. The molecule has 1 atom stereocenters. The molecule has 2 N–H and O–H groups in total. The van der Waals surface area contributed by atoms with E-state index in [0.717, 1.165) is 24.8 Å². The topological polar surface area (TPSA) is 50.9 Å². The number of rotatable bonds is 4. The number of hydrogen-bond acceptors (Lipinski definition) is 2. The molecule has 1 saturated heterocycles. The fraction of sp³-hybridized carbons (Fsp3) is 0.588. The van der Waals surface area contributed by atoms with Crippen molar-refractivity contribution in [3.05, 3.63) is 29.8 Å². The molecular weight excluding hydrogens is 262 g/mol. The second kappa shape index (κ2) is 7.34. The van der Waals surface area contributed by atoms with Gasteiger partial charge in [0, 0.05) is 13.1 Å². The third kappa shape index (κ3) is 4.96. The van der Waals surface area contributed by atoms with Gasteiger partial charge in [0.1, 0.15) is 11.9 Å². The van der Waals surface area contributed by atoms with Gasteiger partial charge in [0.05, 0.1) is 6.54 Å². The van der Waals surface area contributed by atoms with E-state index >= 15 is 0 Å². The van der Waals surface area contributed by atoms with Gasteiger partial charge in [0.2, 0.25) is 0 Å². The molecule has 1 aliphatic heterocycles. The molecule has 1 unspecified atom stereocenters. The molecule has 1 aromatic rings. The summed E-state index contributed by atoms with van der Waals surface area (Å²) < 4.78 is 5.87. The Morgan fingerprint density at radius 2 is 2.14 bits per heavy atom. The number of benzene rings is 1. The van der Waals surface area contributed by atoms with Crippen molar-refractivity contribution in [3.8, 4) is 5.75 Å². The van der Waals surface area contributed by atoms with E-state index in [9.17, 15) is 0 Å². The predicted octanol–water partition coefficient (Wildman–Crippen LogP) is 2.81. The highest BCUT2D eigenvalue weighted by molar-refractivity contribution is 5.78. The van der Waals surface area contributed by atoms with Crippen LogP contribution in [0.3, 0.4) is 0 Å². The van der Waals surface area contributed by atoms with Crippen molar-refractivity contribution in [2.24, 2.45) is 16.6 Å². The van der Waals surface area contributed by atoms with Crippen LogP contribution in [0.15, 0.2) is 29.3 Å². The number of ether oxygens (including phenoxy) is 1. The molecular formula is C17H27N3O. The zero-order chi connectivity index (χ0) is 15.2. The van der Waals surface area contributed by atoms with E-state index in [1.54, 1.807) is 0 Å². The van der Waals surface area contributed by atoms with Crippen LogP contribution >= 0.6 is 0 Å². The summed E-state index contributed by atoms with van der Waals surface area (Å²) in [4.78, 5) is 6.67. The van der Waals surface area contributed by atoms with Crippen LogP contribution < -0.4 is 10.5 Å². The quantitative estimate of drug-likeness (QED) is 0.685. The molecule has 0 spiro atoms. The molecule has 21 heavy (non-hydrogen) atoms. The van der Waals surface area contributed by atoms with E-state index in [4.69, 9.17) is 10.5 Å². The van der Waals surface area contributed by atoms with Crippen molar-refractivity contribution in [3.63, 3.8) is 0 Å². The molecule has 4 heteroatoms. The minimum Gasteiger partial charge on any atom is -0.489 e. The fourth-order valence-corrected chi connectivity index (χ4v) is 2.52. The molecule has 0 saturated carbocycles. The number of hydrogen-bond donors (Lipinski definition) is 1. The van der Waals surface area contributed by atoms with Crippen molar-refractivity contribution < 1.29 is 4.74 Å². The Bertz CT molecular complexity index is 479. The molecule has 0 radical (unpaired) electrons. The number of aryl methyl sites for hydroxylation is 1. The van der Waals surface area contributed by atoms with Gasteiger partial charge in [-0.1, -0.05) is 19.1 Å². The van der Waals surface area contributed by atoms with Crippen molar-refractivity contribution in [1.82, 2.24) is 4.90 Å². The van der Waals surface area contributed by atoms with Crippen LogP contribution in [0.2, 0.25) is 0 Å². The highest BCUT2D eigenvalue weighted by atomic mass is 16.5. The van der Waals surface area contributed by atoms with Crippen molar-refractivity contribution in [1.29, 1.82) is 0 Å². The third-order valence-corrected chi connectivity index (χ3v) is 3.94. The lowest BCUT2D eigenvalue weighted by Gasteiger charge is -2.31. The van der Waals surface area contributed by atoms with Crippen LogP contribution in [0.1, 0.15) is 32.3 Å². The first kappa shape index (κ1) is 15.7. The van der Waals surface area contributed by atoms with Gasteiger partial charge in [-0.15, -0.1) is 0 Å². The fourth-order valence-electron chi connectivity index (χ4n) is 2.52. The Morgan fingerprint density at radius 3 is 2.81 bits per heavy atom. The Kier molecular flexibility index (Phi) is 5.48. The Labute approximate surface area is 128 Å². The second-order valence-electron chi connectivity index (χ2n) is 6.11. The molecule has 2 rings (SSSR count). The number of guanidine groups is 1. The smallest absolute Gasteiger partial charge is 0.191 e. The number of likely N-dealkylation sites (tertiary alicyclic amines) is 1. The van der Waals surface area contributed by atoms with E-state index in [0.29, 0.717) is 12.5 Å². The standard InChI is InChI=1S/C17H27N3O/c1-13-7-9-20(10-8-13)17(18)19-12-15(3)21-16-6-4-5-14(2)11-16/h4-6,11,13,15H,7-10,12H2,1-3H3,(H2,18,19). The summed E-state index contributed by atoms with van der Waals surface area (Å²) in [5.41, 5.74) is 7.28. The largest absolute Gasteiger partial charge is 0.489 e. The lowest BCUT2D eigenvalue weighted by Crippen LogP contribution is -2.43. The molecule has 0 bridgehead atoms. The molecule has 1 fully saturated rings. The maximum Gasteiger partial charge on any atom is 0.191 e. The summed E-state index contributed by atoms with van der Waals surface area (Å²) in [7, 11) is 0. The zero-order valence-electron chi connectivity index (χ0n) is 13.4. The van der Waals surface area contributed by atoms with Gasteiger partial charge in [-0.25, -0.2) is 4.99 Å². The summed E-state index contributed by atoms with van der Waals surface area (Å²) in [6.45, 7) is 9.00. The number of nitrogens with zero attached hydrogens (tertiary/aromatic N) is 2. The Hall–Kier alpha value is -1.71. The summed E-state index contributed by atoms with van der Waals surface area (Å²) in [5, 5.41) is 0. The predicted molar refractivity (Wildman–Crippen MR) is 87.7 cm³/mol. The van der Waals surface area contributed by atoms with Crippen LogP contribution in [0.4, 0.5) is 0 Å². The van der Waals surface area contributed by atoms with E-state index in [1.807, 2.05) is 25.1 Å². The van der Waals surface area contributed by atoms with Gasteiger partial charge in [0.25, 0.3) is 0 Å². The molecule has 0 aromatic heterocycles. The van der Waals surface area contributed by atoms with Gasteiger partial charge in [0.15, 0.2) is 5.96 Å². The minimum atomic E-state index is 0.0223. The zero-order valence-corrected chi connectivity index (χ0v) is 13.4. The molecule has 116 valence electrons. The number of nitrogens with two attached hydrogens (primary N) is 1. The summed E-state index contributed by atoms with van der Waals surface area (Å²) in [6, 6.07) is 8.08. The lowest BCUT2D eigenvalue weighted by molar-refractivity contribution is 0.228. The van der Waals surface area contributed by atoms with Crippen LogP contribution in [-0.2, 0) is 0 Å². The maximum absolute atomic E-state index is 6.08. The minimum absolute atomic E-state index is 0.0223. The monoisotopic (exact) mass is 289 g/mol. The van der Waals surface area contributed by atoms with E-state index in [2.05, 4.69) is 29.8 Å². The van der Waals surface area contributed by atoms with E-state index in [1.165, 1.54) is 18.4 Å².